The van der Waals surface area contributed by atoms with Gasteiger partial charge in [0.15, 0.2) is 40.8 Å². The van der Waals surface area contributed by atoms with Crippen LogP contribution in [-0.4, -0.2) is 159 Å². The van der Waals surface area contributed by atoms with E-state index in [0.29, 0.717) is 18.6 Å². The predicted molar refractivity (Wildman–Crippen MR) is 290 cm³/mol. The first-order chi connectivity index (χ1) is 36.7. The van der Waals surface area contributed by atoms with E-state index in [-0.39, 0.29) is 171 Å². The molecule has 0 spiro atoms. The third-order valence-corrected chi connectivity index (χ3v) is 12.9. The van der Waals surface area contributed by atoms with Crippen molar-refractivity contribution in [2.75, 3.05) is 64.7 Å². The Balaban J connectivity index is 2.01. The standard InChI is InChI=1S/C53H83N9O14S/c1-34(2)30-42(46(68)33-38(31-36-10-6-5-7-11-36)51(72)61-40(35(3)63)12-8-21-58-52(54)55)62-50(71)37(20-29-77-4)32-45(67)41(13-9-22-59-53(56)57)60-47(69)17-14-39(64)18-23-73-25-27-75-28-26-74-24-19-48(70)76-49-43(65)15-16-44(49)66/h5-7,10-11,34,37-38,40-42,49H,8-9,12-33H2,1-4H3,(H,60,69)(H,61,72)(H,62,71)(H4,54,55,58)(H4,56,57,59)/t37-,38-,40+,41+,42+/m1/s1. The molecule has 0 unspecified atom stereocenters. The summed E-state index contributed by atoms with van der Waals surface area (Å²) in [6.45, 7) is 6.45. The number of nitrogens with one attached hydrogen (secondary N) is 3. The number of carbonyl (C=O) groups excluding carboxylic acids is 10. The molecule has 1 aliphatic rings. The summed E-state index contributed by atoms with van der Waals surface area (Å²) in [6.07, 6.45) is 1.61. The molecule has 1 aromatic carbocycles. The molecular formula is C53H83N9O14S. The molecule has 1 aliphatic carbocycles. The molecule has 0 aromatic heterocycles. The third kappa shape index (κ3) is 29.8. The van der Waals surface area contributed by atoms with Gasteiger partial charge in [0.2, 0.25) is 23.8 Å². The number of hydrogen-bond donors (Lipinski definition) is 7. The zero-order chi connectivity index (χ0) is 57.1. The van der Waals surface area contributed by atoms with E-state index < -0.39 is 77.1 Å². The highest BCUT2D eigenvalue weighted by Gasteiger charge is 2.36. The van der Waals surface area contributed by atoms with Gasteiger partial charge < -0.3 is 57.8 Å². The van der Waals surface area contributed by atoms with Crippen LogP contribution in [0.25, 0.3) is 0 Å². The molecule has 0 aliphatic heterocycles. The summed E-state index contributed by atoms with van der Waals surface area (Å²) >= 11 is 1.47. The molecule has 2 rings (SSSR count). The zero-order valence-corrected chi connectivity index (χ0v) is 46.0. The monoisotopic (exact) mass is 1100 g/mol. The van der Waals surface area contributed by atoms with Crippen molar-refractivity contribution in [3.8, 4) is 0 Å². The number of esters is 1. The van der Waals surface area contributed by atoms with Crippen LogP contribution < -0.4 is 38.9 Å². The smallest absolute Gasteiger partial charge is 0.309 e. The summed E-state index contributed by atoms with van der Waals surface area (Å²) in [4.78, 5) is 138. The molecular weight excluding hydrogens is 1020 g/mol. The number of nitrogens with two attached hydrogens (primary N) is 4. The molecule has 430 valence electrons. The lowest BCUT2D eigenvalue weighted by Crippen LogP contribution is -2.48. The SMILES string of the molecule is CSCC[C@H](CC(=O)[C@H](CCCN=C(N)N)NC(=O)CCC(=O)CCOCCOCCOCCC(=O)OC1C(=O)CCC1=O)C(=O)N[C@@H](CC(C)C)C(=O)C[C@@H](Cc1ccccc1)C(=O)N[C@@H](CCCN=C(N)N)C(C)=O. The number of rotatable bonds is 43. The first-order valence-electron chi connectivity index (χ1n) is 26.3. The largest absolute Gasteiger partial charge is 0.446 e. The van der Waals surface area contributed by atoms with Gasteiger partial charge in [-0.15, -0.1) is 0 Å². The lowest BCUT2D eigenvalue weighted by molar-refractivity contribution is -0.158. The van der Waals surface area contributed by atoms with E-state index in [1.807, 2.05) is 50.4 Å². The fraction of sp³-hybridized carbons (Fsp3) is 0.660. The van der Waals surface area contributed by atoms with Crippen LogP contribution in [0, 0.1) is 17.8 Å². The molecule has 0 heterocycles. The number of benzene rings is 1. The fourth-order valence-corrected chi connectivity index (χ4v) is 8.59. The summed E-state index contributed by atoms with van der Waals surface area (Å²) in [6, 6.07) is 6.25. The van der Waals surface area contributed by atoms with Crippen molar-refractivity contribution in [1.29, 1.82) is 0 Å². The molecule has 24 heteroatoms. The van der Waals surface area contributed by atoms with Gasteiger partial charge in [-0.25, -0.2) is 0 Å². The maximum absolute atomic E-state index is 14.3. The molecule has 23 nitrogen and oxygen atoms in total. The Hall–Kier alpha value is -6.11. The van der Waals surface area contributed by atoms with Crippen LogP contribution in [0.4, 0.5) is 0 Å². The Morgan fingerprint density at radius 3 is 1.73 bits per heavy atom. The zero-order valence-electron chi connectivity index (χ0n) is 45.2. The van der Waals surface area contributed by atoms with Crippen molar-refractivity contribution in [2.45, 2.75) is 141 Å². The summed E-state index contributed by atoms with van der Waals surface area (Å²) < 4.78 is 21.2. The minimum absolute atomic E-state index is 0.0218. The van der Waals surface area contributed by atoms with Gasteiger partial charge in [-0.1, -0.05) is 44.2 Å². The van der Waals surface area contributed by atoms with Crippen molar-refractivity contribution < 1.29 is 66.9 Å². The highest BCUT2D eigenvalue weighted by Crippen LogP contribution is 2.21. The topological polar surface area (TPSA) is 373 Å². The van der Waals surface area contributed by atoms with Crippen molar-refractivity contribution in [1.82, 2.24) is 16.0 Å². The van der Waals surface area contributed by atoms with E-state index in [9.17, 15) is 47.9 Å². The normalized spacial score (nSPS) is 14.4. The molecule has 11 N–H and O–H groups in total. The van der Waals surface area contributed by atoms with Gasteiger partial charge in [0.05, 0.1) is 64.2 Å². The van der Waals surface area contributed by atoms with E-state index in [4.69, 9.17) is 41.9 Å². The molecule has 1 aromatic rings. The number of carbonyl (C=O) groups is 10. The first-order valence-corrected chi connectivity index (χ1v) is 27.7. The van der Waals surface area contributed by atoms with Crippen molar-refractivity contribution in [3.63, 3.8) is 0 Å². The van der Waals surface area contributed by atoms with Crippen LogP contribution in [0.5, 0.6) is 0 Å². The Morgan fingerprint density at radius 1 is 0.649 bits per heavy atom. The highest BCUT2D eigenvalue weighted by atomic mass is 32.2. The lowest BCUT2D eigenvalue weighted by atomic mass is 9.88. The number of amides is 3. The number of thioether (sulfide) groups is 1. The highest BCUT2D eigenvalue weighted by molar-refractivity contribution is 7.98. The second-order valence-corrected chi connectivity index (χ2v) is 20.3. The average molecular weight is 1100 g/mol. The third-order valence-electron chi connectivity index (χ3n) is 12.3. The summed E-state index contributed by atoms with van der Waals surface area (Å²) in [5, 5.41) is 8.49. The molecule has 0 saturated heterocycles. The van der Waals surface area contributed by atoms with Crippen LogP contribution in [0.2, 0.25) is 0 Å². The van der Waals surface area contributed by atoms with Crippen molar-refractivity contribution in [3.05, 3.63) is 35.9 Å². The molecule has 5 atom stereocenters. The number of hydrogen-bond acceptors (Lipinski definition) is 17. The molecule has 77 heavy (non-hydrogen) atoms. The lowest BCUT2D eigenvalue weighted by Gasteiger charge is -2.26. The summed E-state index contributed by atoms with van der Waals surface area (Å²) in [7, 11) is 0. The molecule has 1 fully saturated rings. The Bertz CT molecular complexity index is 2120. The van der Waals surface area contributed by atoms with Gasteiger partial charge in [0.25, 0.3) is 0 Å². The number of aliphatic imine (C=N–C) groups is 2. The minimum Gasteiger partial charge on any atom is -0.446 e. The maximum atomic E-state index is 14.3. The number of Topliss-reactive ketones (excluding diaryl/α,β-unsaturated/α-hetero) is 6. The quantitative estimate of drug-likeness (QED) is 0.0160. The van der Waals surface area contributed by atoms with Crippen LogP contribution in [0.15, 0.2) is 40.3 Å². The number of nitrogens with zero attached hydrogens (tertiary/aromatic N) is 2. The van der Waals surface area contributed by atoms with E-state index >= 15 is 0 Å². The van der Waals surface area contributed by atoms with Crippen LogP contribution >= 0.6 is 11.8 Å². The van der Waals surface area contributed by atoms with Gasteiger partial charge in [0, 0.05) is 69.9 Å². The molecule has 1 saturated carbocycles. The van der Waals surface area contributed by atoms with Crippen LogP contribution in [0.1, 0.15) is 116 Å². The minimum atomic E-state index is -1.31. The Labute approximate surface area is 456 Å². The van der Waals surface area contributed by atoms with Gasteiger partial charge in [-0.05, 0) is 75.4 Å². The second kappa shape index (κ2) is 38.4. The predicted octanol–water partition coefficient (Wildman–Crippen LogP) is 1.35. The van der Waals surface area contributed by atoms with E-state index in [1.165, 1.54) is 18.7 Å². The summed E-state index contributed by atoms with van der Waals surface area (Å²) in [5.41, 5.74) is 22.7. The molecule has 0 bridgehead atoms. The molecule has 3 amide bonds. The van der Waals surface area contributed by atoms with E-state index in [1.54, 1.807) is 0 Å². The van der Waals surface area contributed by atoms with Gasteiger partial charge >= 0.3 is 5.97 Å². The molecule has 0 radical (unpaired) electrons. The second-order valence-electron chi connectivity index (χ2n) is 19.3. The summed E-state index contributed by atoms with van der Waals surface area (Å²) in [5.74, 6) is -5.97. The van der Waals surface area contributed by atoms with Gasteiger partial charge in [-0.2, -0.15) is 11.8 Å². The maximum Gasteiger partial charge on any atom is 0.309 e. The van der Waals surface area contributed by atoms with Gasteiger partial charge in [-0.3, -0.25) is 57.9 Å². The number of guanidine groups is 2. The van der Waals surface area contributed by atoms with Crippen LogP contribution in [-0.2, 0) is 73.3 Å². The van der Waals surface area contributed by atoms with Gasteiger partial charge in [0.1, 0.15) is 5.78 Å². The number of ketones is 6. The first kappa shape index (κ1) is 67.0. The Morgan fingerprint density at radius 2 is 1.17 bits per heavy atom. The fourth-order valence-electron chi connectivity index (χ4n) is 8.07. The van der Waals surface area contributed by atoms with Crippen LogP contribution in [0.3, 0.4) is 0 Å². The van der Waals surface area contributed by atoms with Crippen molar-refractivity contribution >= 4 is 82.1 Å². The average Bonchev–Trinajstić information content (AvgIpc) is 3.69. The number of ether oxygens (including phenoxy) is 4. The van der Waals surface area contributed by atoms with E-state index in [0.717, 1.165) is 5.56 Å². The Kier molecular flexibility index (Phi) is 33.4. The van der Waals surface area contributed by atoms with E-state index in [2.05, 4.69) is 25.9 Å². The van der Waals surface area contributed by atoms with Crippen molar-refractivity contribution in [2.24, 2.45) is 50.7 Å².